The number of rotatable bonds is 4. The van der Waals surface area contributed by atoms with Crippen LogP contribution in [-0.2, 0) is 18.6 Å². The van der Waals surface area contributed by atoms with Crippen molar-refractivity contribution in [2.75, 3.05) is 19.9 Å². The van der Waals surface area contributed by atoms with E-state index >= 15 is 0 Å². The highest BCUT2D eigenvalue weighted by atomic mass is 31.2. The van der Waals surface area contributed by atoms with Gasteiger partial charge < -0.3 is 30.1 Å². The van der Waals surface area contributed by atoms with Crippen molar-refractivity contribution in [2.45, 2.75) is 36.7 Å². The summed E-state index contributed by atoms with van der Waals surface area (Å²) in [6.07, 6.45) is -5.16. The van der Waals surface area contributed by atoms with Gasteiger partial charge in [-0.25, -0.2) is 9.46 Å². The third-order valence-electron chi connectivity index (χ3n) is 4.09. The Morgan fingerprint density at radius 1 is 1.30 bits per heavy atom. The Bertz CT molecular complexity index is 517. The van der Waals surface area contributed by atoms with Crippen molar-refractivity contribution in [3.8, 4) is 0 Å². The van der Waals surface area contributed by atoms with Crippen LogP contribution in [0.2, 0.25) is 0 Å². The van der Waals surface area contributed by atoms with Crippen LogP contribution >= 0.6 is 7.82 Å². The molecule has 3 heterocycles. The number of aliphatic hydroxyl groups excluding tert-OH is 2. The van der Waals surface area contributed by atoms with Gasteiger partial charge in [0.05, 0.1) is 26.1 Å². The minimum Gasteiger partial charge on any atom is -0.387 e. The quantitative estimate of drug-likeness (QED) is 0.244. The van der Waals surface area contributed by atoms with Crippen LogP contribution in [0.15, 0.2) is 0 Å². The average molecular weight is 354 g/mol. The highest BCUT2D eigenvalue weighted by molar-refractivity contribution is 7.46. The van der Waals surface area contributed by atoms with E-state index in [1.54, 1.807) is 4.90 Å². The van der Waals surface area contributed by atoms with Gasteiger partial charge in [-0.1, -0.05) is 0 Å². The lowest BCUT2D eigenvalue weighted by Gasteiger charge is -2.35. The maximum atomic E-state index is 11.8. The smallest absolute Gasteiger partial charge is 0.387 e. The third kappa shape index (κ3) is 3.42. The van der Waals surface area contributed by atoms with Gasteiger partial charge in [0.25, 0.3) is 0 Å². The fourth-order valence-corrected chi connectivity index (χ4v) is 3.33. The van der Waals surface area contributed by atoms with E-state index in [4.69, 9.17) is 14.5 Å². The van der Waals surface area contributed by atoms with Crippen LogP contribution in [0.25, 0.3) is 0 Å². The Hall–Kier alpha value is -0.660. The van der Waals surface area contributed by atoms with E-state index in [0.29, 0.717) is 0 Å². The Morgan fingerprint density at radius 3 is 2.74 bits per heavy atom. The lowest BCUT2D eigenvalue weighted by Crippen LogP contribution is -2.64. The molecule has 132 valence electrons. The molecule has 7 N–H and O–H groups in total. The molecular formula is C10H19N4O8P. The lowest BCUT2D eigenvalue weighted by molar-refractivity contribution is -0.130. The summed E-state index contributed by atoms with van der Waals surface area (Å²) in [5.41, 5.74) is 0. The van der Waals surface area contributed by atoms with Gasteiger partial charge in [0.15, 0.2) is 0 Å². The molecule has 0 aromatic heterocycles. The molecule has 3 aliphatic heterocycles. The number of phosphoric acid groups is 1. The lowest BCUT2D eigenvalue weighted by atomic mass is 10.1. The van der Waals surface area contributed by atoms with Crippen LogP contribution in [0, 0.1) is 0 Å². The number of nitrogens with zero attached hydrogens (tertiary/aromatic N) is 1. The van der Waals surface area contributed by atoms with Gasteiger partial charge in [-0.05, 0) is 0 Å². The maximum Gasteiger partial charge on any atom is 0.469 e. The number of nitrogens with one attached hydrogen (secondary N) is 3. The van der Waals surface area contributed by atoms with Crippen LogP contribution in [0.5, 0.6) is 0 Å². The van der Waals surface area contributed by atoms with E-state index in [0.717, 1.165) is 0 Å². The Morgan fingerprint density at radius 2 is 2.04 bits per heavy atom. The van der Waals surface area contributed by atoms with Gasteiger partial charge in [-0.3, -0.25) is 20.0 Å². The number of fused-ring (bicyclic) bond motifs is 1. The molecule has 0 aliphatic carbocycles. The first-order chi connectivity index (χ1) is 10.8. The van der Waals surface area contributed by atoms with E-state index < -0.39 is 51.2 Å². The number of amides is 1. The van der Waals surface area contributed by atoms with Crippen LogP contribution in [0.1, 0.15) is 0 Å². The number of carbonyl (C=O) groups is 1. The van der Waals surface area contributed by atoms with E-state index in [2.05, 4.69) is 20.5 Å². The molecule has 3 fully saturated rings. The first-order valence-corrected chi connectivity index (χ1v) is 8.53. The molecule has 13 heteroatoms. The van der Waals surface area contributed by atoms with Gasteiger partial charge >= 0.3 is 7.82 Å². The monoisotopic (exact) mass is 354 g/mol. The number of hydrogen-bond acceptors (Lipinski definition) is 9. The SMILES string of the molecule is O=C1NCNC2C1NCN2C1OC(COP(=O)(O)O)C(O)C1O. The Labute approximate surface area is 131 Å². The largest absolute Gasteiger partial charge is 0.469 e. The summed E-state index contributed by atoms with van der Waals surface area (Å²) >= 11 is 0. The van der Waals surface area contributed by atoms with Gasteiger partial charge in [-0.2, -0.15) is 0 Å². The van der Waals surface area contributed by atoms with Crippen LogP contribution in [-0.4, -0.2) is 87.5 Å². The van der Waals surface area contributed by atoms with Crippen molar-refractivity contribution in [1.29, 1.82) is 0 Å². The molecule has 0 spiro atoms. The van der Waals surface area contributed by atoms with Crippen molar-refractivity contribution in [2.24, 2.45) is 0 Å². The molecule has 6 unspecified atom stereocenters. The second-order valence-corrected chi connectivity index (χ2v) is 6.79. The first-order valence-electron chi connectivity index (χ1n) is 7.00. The summed E-state index contributed by atoms with van der Waals surface area (Å²) < 4.78 is 20.6. The topological polar surface area (TPSA) is 173 Å². The van der Waals surface area contributed by atoms with Crippen molar-refractivity contribution >= 4 is 13.7 Å². The highest BCUT2D eigenvalue weighted by Crippen LogP contribution is 2.37. The van der Waals surface area contributed by atoms with Crippen molar-refractivity contribution in [3.05, 3.63) is 0 Å². The molecule has 0 saturated carbocycles. The second-order valence-electron chi connectivity index (χ2n) is 5.55. The maximum absolute atomic E-state index is 11.8. The first kappa shape index (κ1) is 17.2. The normalized spacial score (nSPS) is 41.8. The average Bonchev–Trinajstić information content (AvgIpc) is 3.01. The molecule has 3 rings (SSSR count). The Kier molecular flexibility index (Phi) is 4.73. The fraction of sp³-hybridized carbons (Fsp3) is 0.900. The third-order valence-corrected chi connectivity index (χ3v) is 4.58. The number of ether oxygens (including phenoxy) is 1. The summed E-state index contributed by atoms with van der Waals surface area (Å²) in [7, 11) is -4.71. The van der Waals surface area contributed by atoms with E-state index in [9.17, 15) is 19.6 Å². The number of carbonyl (C=O) groups excluding carboxylic acids is 1. The molecule has 12 nitrogen and oxygen atoms in total. The second kappa shape index (κ2) is 6.33. The molecule has 3 aliphatic rings. The molecule has 6 atom stereocenters. The Balaban J connectivity index is 1.66. The van der Waals surface area contributed by atoms with E-state index in [1.807, 2.05) is 0 Å². The molecule has 3 saturated heterocycles. The van der Waals surface area contributed by atoms with Gasteiger partial charge in [0.1, 0.15) is 30.6 Å². The number of hydrogen-bond donors (Lipinski definition) is 7. The van der Waals surface area contributed by atoms with Crippen molar-refractivity contribution < 1.29 is 38.6 Å². The van der Waals surface area contributed by atoms with Crippen LogP contribution < -0.4 is 16.0 Å². The zero-order valence-corrected chi connectivity index (χ0v) is 12.8. The summed E-state index contributed by atoms with van der Waals surface area (Å²) in [5, 5.41) is 28.8. The number of aliphatic hydroxyl groups is 2. The standard InChI is InChI=1S/C10H19N4O8P/c15-6-4(1-21-23(18,19)20)22-10(7(6)16)14-3-13-5-8(14)11-2-12-9(5)17/h4-8,10-11,13,15-16H,1-3H2,(H,12,17)(H2,18,19,20). The highest BCUT2D eigenvalue weighted by Gasteiger charge is 2.52. The predicted octanol–water partition coefficient (Wildman–Crippen LogP) is -4.22. The molecule has 0 radical (unpaired) electrons. The van der Waals surface area contributed by atoms with Gasteiger partial charge in [0, 0.05) is 0 Å². The van der Waals surface area contributed by atoms with Crippen LogP contribution in [0.3, 0.4) is 0 Å². The summed E-state index contributed by atoms with van der Waals surface area (Å²) in [4.78, 5) is 30.8. The molecule has 23 heavy (non-hydrogen) atoms. The number of phosphoric ester groups is 1. The van der Waals surface area contributed by atoms with Crippen LogP contribution in [0.4, 0.5) is 0 Å². The van der Waals surface area contributed by atoms with E-state index in [1.165, 1.54) is 0 Å². The molecule has 0 aromatic carbocycles. The summed E-state index contributed by atoms with van der Waals surface area (Å²) in [6, 6.07) is -0.526. The minimum absolute atomic E-state index is 0.189. The molecule has 1 amide bonds. The van der Waals surface area contributed by atoms with Crippen molar-refractivity contribution in [1.82, 2.24) is 20.9 Å². The fourth-order valence-electron chi connectivity index (χ4n) is 2.99. The zero-order valence-electron chi connectivity index (χ0n) is 11.9. The molecule has 0 bridgehead atoms. The predicted molar refractivity (Wildman–Crippen MR) is 72.2 cm³/mol. The summed E-state index contributed by atoms with van der Waals surface area (Å²) in [5.74, 6) is -0.189. The minimum atomic E-state index is -4.71. The van der Waals surface area contributed by atoms with Crippen molar-refractivity contribution in [3.63, 3.8) is 0 Å². The van der Waals surface area contributed by atoms with Gasteiger partial charge in [-0.15, -0.1) is 0 Å². The molecular weight excluding hydrogens is 335 g/mol. The van der Waals surface area contributed by atoms with Gasteiger partial charge in [0.2, 0.25) is 5.91 Å². The van der Waals surface area contributed by atoms with E-state index in [-0.39, 0.29) is 19.2 Å². The zero-order chi connectivity index (χ0) is 16.8. The summed E-state index contributed by atoms with van der Waals surface area (Å²) in [6.45, 7) is -0.0765. The molecule has 0 aromatic rings.